The summed E-state index contributed by atoms with van der Waals surface area (Å²) < 4.78 is 0. The van der Waals surface area contributed by atoms with Gasteiger partial charge >= 0.3 is 0 Å². The molecule has 9 heavy (non-hydrogen) atoms. The Bertz CT molecular complexity index is 187. The van der Waals surface area contributed by atoms with Crippen LogP contribution in [0, 0.1) is 0 Å². The molecule has 1 N–H and O–H groups in total. The van der Waals surface area contributed by atoms with Crippen molar-refractivity contribution in [3.05, 3.63) is 23.2 Å². The highest BCUT2D eigenvalue weighted by Gasteiger charge is 1.90. The second-order valence-electron chi connectivity index (χ2n) is 1.48. The zero-order chi connectivity index (χ0) is 6.69. The van der Waals surface area contributed by atoms with E-state index in [1.165, 1.54) is 12.4 Å². The van der Waals surface area contributed by atoms with Crippen molar-refractivity contribution in [2.45, 2.75) is 6.61 Å². The molecule has 0 aliphatic heterocycles. The van der Waals surface area contributed by atoms with Crippen molar-refractivity contribution in [3.8, 4) is 0 Å². The smallest absolute Gasteiger partial charge is 0.153 e. The average Bonchev–Trinajstić information content (AvgIpc) is 1.90. The van der Waals surface area contributed by atoms with E-state index in [9.17, 15) is 0 Å². The lowest BCUT2D eigenvalue weighted by molar-refractivity contribution is 0.271. The Morgan fingerprint density at radius 3 is 2.44 bits per heavy atom. The Morgan fingerprint density at radius 2 is 2.00 bits per heavy atom. The largest absolute Gasteiger partial charge is 0.388 e. The highest BCUT2D eigenvalue weighted by Crippen LogP contribution is 2.01. The molecule has 0 fully saturated rings. The molecule has 0 aliphatic rings. The van der Waals surface area contributed by atoms with Crippen LogP contribution in [0.3, 0.4) is 0 Å². The number of rotatable bonds is 1. The second kappa shape index (κ2) is 2.75. The first-order chi connectivity index (χ1) is 4.33. The van der Waals surface area contributed by atoms with Crippen LogP contribution in [0.4, 0.5) is 0 Å². The highest BCUT2D eigenvalue weighted by atomic mass is 35.5. The number of aliphatic hydroxyl groups is 1. The third-order valence-electron chi connectivity index (χ3n) is 0.815. The molecule has 0 unspecified atom stereocenters. The van der Waals surface area contributed by atoms with Gasteiger partial charge in [-0.25, -0.2) is 9.97 Å². The Hall–Kier alpha value is -0.670. The van der Waals surface area contributed by atoms with Gasteiger partial charge in [0.2, 0.25) is 0 Å². The first-order valence-corrected chi connectivity index (χ1v) is 2.78. The fraction of sp³-hybridized carbons (Fsp3) is 0.200. The summed E-state index contributed by atoms with van der Waals surface area (Å²) in [4.78, 5) is 7.41. The summed E-state index contributed by atoms with van der Waals surface area (Å²) >= 11 is 5.46. The summed E-state index contributed by atoms with van der Waals surface area (Å²) in [5.74, 6) is 0.388. The normalized spacial score (nSPS) is 9.56. The molecular formula is C5H5ClN2O. The van der Waals surface area contributed by atoms with Gasteiger partial charge in [0.1, 0.15) is 6.61 Å². The number of aliphatic hydroxyl groups excluding tert-OH is 1. The van der Waals surface area contributed by atoms with Crippen LogP contribution >= 0.6 is 11.6 Å². The minimum absolute atomic E-state index is 0.142. The molecule has 3 nitrogen and oxygen atoms in total. The van der Waals surface area contributed by atoms with E-state index < -0.39 is 0 Å². The molecular weight excluding hydrogens is 140 g/mol. The fourth-order valence-electron chi connectivity index (χ4n) is 0.421. The summed E-state index contributed by atoms with van der Waals surface area (Å²) in [6, 6.07) is 0. The zero-order valence-electron chi connectivity index (χ0n) is 4.58. The number of aromatic nitrogens is 2. The monoisotopic (exact) mass is 144 g/mol. The highest BCUT2D eigenvalue weighted by molar-refractivity contribution is 6.30. The topological polar surface area (TPSA) is 46.0 Å². The summed E-state index contributed by atoms with van der Waals surface area (Å²) in [6.07, 6.45) is 2.89. The third-order valence-corrected chi connectivity index (χ3v) is 1.01. The third kappa shape index (κ3) is 1.62. The maximum absolute atomic E-state index is 8.46. The van der Waals surface area contributed by atoms with Crippen LogP contribution < -0.4 is 0 Å². The maximum Gasteiger partial charge on any atom is 0.153 e. The molecule has 1 rings (SSSR count). The van der Waals surface area contributed by atoms with Crippen LogP contribution in [0.25, 0.3) is 0 Å². The summed E-state index contributed by atoms with van der Waals surface area (Å²) in [5.41, 5.74) is 0. The SMILES string of the molecule is OCc1ncc(Cl)cn1. The molecule has 1 aromatic rings. The predicted octanol–water partition coefficient (Wildman–Crippen LogP) is 0.622. The van der Waals surface area contributed by atoms with Gasteiger partial charge in [-0.2, -0.15) is 0 Å². The Morgan fingerprint density at radius 1 is 1.44 bits per heavy atom. The van der Waals surface area contributed by atoms with Crippen LogP contribution in [0.1, 0.15) is 5.82 Å². The van der Waals surface area contributed by atoms with Gasteiger partial charge in [0, 0.05) is 12.4 Å². The molecule has 1 aromatic heterocycles. The van der Waals surface area contributed by atoms with Crippen molar-refractivity contribution in [1.82, 2.24) is 9.97 Å². The number of hydrogen-bond acceptors (Lipinski definition) is 3. The molecule has 0 aromatic carbocycles. The van der Waals surface area contributed by atoms with Gasteiger partial charge in [-0.15, -0.1) is 0 Å². The van der Waals surface area contributed by atoms with Gasteiger partial charge in [0.15, 0.2) is 5.82 Å². The number of nitrogens with zero attached hydrogens (tertiary/aromatic N) is 2. The standard InChI is InChI=1S/C5H5ClN2O/c6-4-1-7-5(3-9)8-2-4/h1-2,9H,3H2. The van der Waals surface area contributed by atoms with E-state index in [2.05, 4.69) is 9.97 Å². The Labute approximate surface area is 57.3 Å². The van der Waals surface area contributed by atoms with Crippen LogP contribution in [0.5, 0.6) is 0 Å². The van der Waals surface area contributed by atoms with Crippen molar-refractivity contribution in [2.24, 2.45) is 0 Å². The van der Waals surface area contributed by atoms with Gasteiger partial charge in [-0.05, 0) is 0 Å². The summed E-state index contributed by atoms with van der Waals surface area (Å²) in [7, 11) is 0. The quantitative estimate of drug-likeness (QED) is 0.629. The zero-order valence-corrected chi connectivity index (χ0v) is 5.34. The van der Waals surface area contributed by atoms with E-state index in [0.29, 0.717) is 10.8 Å². The van der Waals surface area contributed by atoms with Crippen molar-refractivity contribution >= 4 is 11.6 Å². The Kier molecular flexibility index (Phi) is 1.97. The molecule has 48 valence electrons. The Balaban J connectivity index is 2.88. The lowest BCUT2D eigenvalue weighted by Crippen LogP contribution is -1.91. The van der Waals surface area contributed by atoms with E-state index in [1.807, 2.05) is 0 Å². The molecule has 0 atom stereocenters. The van der Waals surface area contributed by atoms with Gasteiger partial charge in [-0.1, -0.05) is 11.6 Å². The number of hydrogen-bond donors (Lipinski definition) is 1. The van der Waals surface area contributed by atoms with Gasteiger partial charge in [-0.3, -0.25) is 0 Å². The van der Waals surface area contributed by atoms with E-state index in [0.717, 1.165) is 0 Å². The summed E-state index contributed by atoms with van der Waals surface area (Å²) in [5, 5.41) is 8.94. The van der Waals surface area contributed by atoms with E-state index in [4.69, 9.17) is 16.7 Å². The van der Waals surface area contributed by atoms with Crippen molar-refractivity contribution in [1.29, 1.82) is 0 Å². The van der Waals surface area contributed by atoms with Gasteiger partial charge in [0.05, 0.1) is 5.02 Å². The minimum atomic E-state index is -0.142. The molecule has 0 saturated heterocycles. The van der Waals surface area contributed by atoms with Crippen LogP contribution in [-0.2, 0) is 6.61 Å². The van der Waals surface area contributed by atoms with Crippen molar-refractivity contribution in [2.75, 3.05) is 0 Å². The molecule has 0 spiro atoms. The molecule has 0 bridgehead atoms. The van der Waals surface area contributed by atoms with Crippen LogP contribution in [0.2, 0.25) is 5.02 Å². The molecule has 0 saturated carbocycles. The lowest BCUT2D eigenvalue weighted by Gasteiger charge is -1.90. The summed E-state index contributed by atoms with van der Waals surface area (Å²) in [6.45, 7) is -0.142. The van der Waals surface area contributed by atoms with Gasteiger partial charge < -0.3 is 5.11 Å². The van der Waals surface area contributed by atoms with Crippen LogP contribution in [-0.4, -0.2) is 15.1 Å². The van der Waals surface area contributed by atoms with Crippen LogP contribution in [0.15, 0.2) is 12.4 Å². The lowest BCUT2D eigenvalue weighted by atomic mass is 10.6. The fourth-order valence-corrected chi connectivity index (χ4v) is 0.518. The molecule has 4 heteroatoms. The number of halogens is 1. The first kappa shape index (κ1) is 6.45. The molecule has 0 aliphatic carbocycles. The minimum Gasteiger partial charge on any atom is -0.388 e. The van der Waals surface area contributed by atoms with E-state index in [-0.39, 0.29) is 6.61 Å². The molecule has 0 amide bonds. The predicted molar refractivity (Wildman–Crippen MR) is 33.0 cm³/mol. The van der Waals surface area contributed by atoms with E-state index in [1.54, 1.807) is 0 Å². The first-order valence-electron chi connectivity index (χ1n) is 2.40. The van der Waals surface area contributed by atoms with Gasteiger partial charge in [0.25, 0.3) is 0 Å². The van der Waals surface area contributed by atoms with E-state index >= 15 is 0 Å². The molecule has 0 radical (unpaired) electrons. The maximum atomic E-state index is 8.46. The second-order valence-corrected chi connectivity index (χ2v) is 1.91. The average molecular weight is 145 g/mol. The van der Waals surface area contributed by atoms with Crippen molar-refractivity contribution < 1.29 is 5.11 Å². The molecule has 1 heterocycles. The van der Waals surface area contributed by atoms with Crippen molar-refractivity contribution in [3.63, 3.8) is 0 Å².